The number of likely N-dealkylation sites (tertiary alicyclic amines) is 1. The molecular formula is C20H20N4O3. The predicted octanol–water partition coefficient (Wildman–Crippen LogP) is 1.90. The van der Waals surface area contributed by atoms with E-state index in [4.69, 9.17) is 0 Å². The first-order valence-electron chi connectivity index (χ1n) is 9.01. The van der Waals surface area contributed by atoms with Crippen LogP contribution in [0.15, 0.2) is 53.5 Å². The molecule has 1 aliphatic rings. The van der Waals surface area contributed by atoms with E-state index in [0.29, 0.717) is 42.5 Å². The lowest BCUT2D eigenvalue weighted by Gasteiger charge is -2.33. The normalized spacial score (nSPS) is 16.4. The minimum atomic E-state index is -0.637. The maximum Gasteiger partial charge on any atom is 0.289 e. The van der Waals surface area contributed by atoms with E-state index in [9.17, 15) is 14.7 Å². The van der Waals surface area contributed by atoms with Gasteiger partial charge in [-0.05, 0) is 43.0 Å². The summed E-state index contributed by atoms with van der Waals surface area (Å²) in [5.41, 5.74) is 0.845. The van der Waals surface area contributed by atoms with Gasteiger partial charge in [0, 0.05) is 19.3 Å². The first kappa shape index (κ1) is 17.4. The van der Waals surface area contributed by atoms with E-state index >= 15 is 0 Å². The average molecular weight is 364 g/mol. The number of para-hydroxylation sites is 1. The number of aliphatic hydroxyl groups is 1. The van der Waals surface area contributed by atoms with Crippen LogP contribution in [-0.4, -0.2) is 44.0 Å². The van der Waals surface area contributed by atoms with Gasteiger partial charge in [-0.25, -0.2) is 4.98 Å². The molecule has 1 fully saturated rings. The van der Waals surface area contributed by atoms with Crippen LogP contribution in [0.5, 0.6) is 0 Å². The fourth-order valence-corrected chi connectivity index (χ4v) is 3.55. The predicted molar refractivity (Wildman–Crippen MR) is 100 cm³/mol. The Bertz CT molecular complexity index is 1010. The minimum absolute atomic E-state index is 0.0487. The second kappa shape index (κ2) is 7.28. The molecule has 0 saturated carbocycles. The number of nitrogens with zero attached hydrogens (tertiary/aromatic N) is 3. The van der Waals surface area contributed by atoms with Crippen LogP contribution in [0.3, 0.4) is 0 Å². The number of nitrogens with one attached hydrogen (secondary N) is 1. The van der Waals surface area contributed by atoms with Crippen LogP contribution < -0.4 is 5.56 Å². The molecule has 0 bridgehead atoms. The highest BCUT2D eigenvalue weighted by atomic mass is 16.3. The monoisotopic (exact) mass is 364 g/mol. The van der Waals surface area contributed by atoms with E-state index < -0.39 is 6.10 Å². The number of benzene rings is 1. The number of carbonyl (C=O) groups is 1. The van der Waals surface area contributed by atoms with Gasteiger partial charge < -0.3 is 15.0 Å². The van der Waals surface area contributed by atoms with E-state index in [1.54, 1.807) is 35.4 Å². The molecule has 1 saturated heterocycles. The molecule has 0 radical (unpaired) electrons. The molecule has 1 amide bonds. The Hall–Kier alpha value is -3.06. The SMILES string of the molecule is O=C(c1nc2ccccc2c(=O)[nH]1)N1CCC([C@@H](O)c2ccccn2)CC1. The number of rotatable bonds is 3. The van der Waals surface area contributed by atoms with Gasteiger partial charge in [0.25, 0.3) is 11.5 Å². The van der Waals surface area contributed by atoms with E-state index in [1.807, 2.05) is 18.2 Å². The fraction of sp³-hybridized carbons (Fsp3) is 0.300. The summed E-state index contributed by atoms with van der Waals surface area (Å²) < 4.78 is 0. The van der Waals surface area contributed by atoms with E-state index in [2.05, 4.69) is 15.0 Å². The zero-order chi connectivity index (χ0) is 18.8. The topological polar surface area (TPSA) is 99.2 Å². The third kappa shape index (κ3) is 3.46. The van der Waals surface area contributed by atoms with Crippen molar-refractivity contribution in [2.75, 3.05) is 13.1 Å². The number of aromatic amines is 1. The van der Waals surface area contributed by atoms with Gasteiger partial charge in [-0.3, -0.25) is 14.6 Å². The minimum Gasteiger partial charge on any atom is -0.387 e. The molecule has 0 aliphatic carbocycles. The van der Waals surface area contributed by atoms with Crippen molar-refractivity contribution in [2.45, 2.75) is 18.9 Å². The Morgan fingerprint density at radius 3 is 2.63 bits per heavy atom. The first-order chi connectivity index (χ1) is 13.1. The third-order valence-electron chi connectivity index (χ3n) is 5.08. The van der Waals surface area contributed by atoms with Crippen LogP contribution in [-0.2, 0) is 0 Å². The van der Waals surface area contributed by atoms with Crippen molar-refractivity contribution in [3.63, 3.8) is 0 Å². The lowest BCUT2D eigenvalue weighted by atomic mass is 9.89. The van der Waals surface area contributed by atoms with Crippen molar-refractivity contribution in [3.05, 3.63) is 70.5 Å². The summed E-state index contributed by atoms with van der Waals surface area (Å²) in [6.07, 6.45) is 2.36. The average Bonchev–Trinajstić information content (AvgIpc) is 2.73. The van der Waals surface area contributed by atoms with Crippen LogP contribution in [0.2, 0.25) is 0 Å². The lowest BCUT2D eigenvalue weighted by Crippen LogP contribution is -2.41. The maximum atomic E-state index is 12.8. The maximum absolute atomic E-state index is 12.8. The number of aliphatic hydroxyl groups excluding tert-OH is 1. The van der Waals surface area contributed by atoms with Crippen LogP contribution >= 0.6 is 0 Å². The number of amides is 1. The van der Waals surface area contributed by atoms with E-state index in [0.717, 1.165) is 0 Å². The fourth-order valence-electron chi connectivity index (χ4n) is 3.55. The molecule has 3 aromatic rings. The van der Waals surface area contributed by atoms with Crippen molar-refractivity contribution in [1.29, 1.82) is 0 Å². The van der Waals surface area contributed by atoms with Gasteiger partial charge in [0.2, 0.25) is 0 Å². The van der Waals surface area contributed by atoms with Crippen molar-refractivity contribution in [3.8, 4) is 0 Å². The van der Waals surface area contributed by atoms with Gasteiger partial charge in [0.15, 0.2) is 5.82 Å². The summed E-state index contributed by atoms with van der Waals surface area (Å²) >= 11 is 0. The Morgan fingerprint density at radius 2 is 1.89 bits per heavy atom. The number of pyridine rings is 1. The number of carbonyl (C=O) groups excluding carboxylic acids is 1. The summed E-state index contributed by atoms with van der Waals surface area (Å²) in [6.45, 7) is 1.01. The van der Waals surface area contributed by atoms with Gasteiger partial charge in [-0.2, -0.15) is 0 Å². The summed E-state index contributed by atoms with van der Waals surface area (Å²) in [6, 6.07) is 12.4. The molecule has 7 heteroatoms. The van der Waals surface area contributed by atoms with Crippen molar-refractivity contribution in [2.24, 2.45) is 5.92 Å². The number of hydrogen-bond donors (Lipinski definition) is 2. The van der Waals surface area contributed by atoms with Gasteiger partial charge in [-0.15, -0.1) is 0 Å². The zero-order valence-corrected chi connectivity index (χ0v) is 14.7. The van der Waals surface area contributed by atoms with Crippen LogP contribution in [0.25, 0.3) is 10.9 Å². The molecule has 0 unspecified atom stereocenters. The van der Waals surface area contributed by atoms with Crippen LogP contribution in [0.1, 0.15) is 35.3 Å². The molecule has 1 atom stereocenters. The Balaban J connectivity index is 1.47. The summed E-state index contributed by atoms with van der Waals surface area (Å²) in [7, 11) is 0. The number of hydrogen-bond acceptors (Lipinski definition) is 5. The molecule has 2 aromatic heterocycles. The Labute approximate surface area is 155 Å². The number of H-pyrrole nitrogens is 1. The van der Waals surface area contributed by atoms with Crippen molar-refractivity contribution in [1.82, 2.24) is 19.9 Å². The quantitative estimate of drug-likeness (QED) is 0.739. The zero-order valence-electron chi connectivity index (χ0n) is 14.7. The van der Waals surface area contributed by atoms with E-state index in [1.165, 1.54) is 0 Å². The van der Waals surface area contributed by atoms with Gasteiger partial charge >= 0.3 is 0 Å². The molecule has 0 spiro atoms. The summed E-state index contributed by atoms with van der Waals surface area (Å²) in [4.78, 5) is 37.7. The smallest absolute Gasteiger partial charge is 0.289 e. The Morgan fingerprint density at radius 1 is 1.15 bits per heavy atom. The van der Waals surface area contributed by atoms with Gasteiger partial charge in [-0.1, -0.05) is 18.2 Å². The van der Waals surface area contributed by atoms with Crippen LogP contribution in [0.4, 0.5) is 0 Å². The molecule has 4 rings (SSSR count). The number of piperidine rings is 1. The number of fused-ring (bicyclic) bond motifs is 1. The summed E-state index contributed by atoms with van der Waals surface area (Å²) in [5, 5.41) is 11.0. The molecule has 1 aromatic carbocycles. The third-order valence-corrected chi connectivity index (χ3v) is 5.08. The van der Waals surface area contributed by atoms with E-state index in [-0.39, 0.29) is 23.2 Å². The first-order valence-corrected chi connectivity index (χ1v) is 9.01. The molecule has 7 nitrogen and oxygen atoms in total. The molecule has 1 aliphatic heterocycles. The number of aromatic nitrogens is 3. The molecule has 3 heterocycles. The van der Waals surface area contributed by atoms with Crippen LogP contribution in [0, 0.1) is 5.92 Å². The highest BCUT2D eigenvalue weighted by Gasteiger charge is 2.30. The Kier molecular flexibility index (Phi) is 4.68. The van der Waals surface area contributed by atoms with Crippen molar-refractivity contribution >= 4 is 16.8 Å². The van der Waals surface area contributed by atoms with Crippen molar-refractivity contribution < 1.29 is 9.90 Å². The molecule has 2 N–H and O–H groups in total. The van der Waals surface area contributed by atoms with Gasteiger partial charge in [0.1, 0.15) is 0 Å². The summed E-state index contributed by atoms with van der Waals surface area (Å²) in [5.74, 6) is -0.182. The second-order valence-corrected chi connectivity index (χ2v) is 6.76. The second-order valence-electron chi connectivity index (χ2n) is 6.76. The molecule has 27 heavy (non-hydrogen) atoms. The van der Waals surface area contributed by atoms with Gasteiger partial charge in [0.05, 0.1) is 22.7 Å². The molecular weight excluding hydrogens is 344 g/mol. The molecule has 138 valence electrons. The highest BCUT2D eigenvalue weighted by Crippen LogP contribution is 2.29. The largest absolute Gasteiger partial charge is 0.387 e. The highest BCUT2D eigenvalue weighted by molar-refractivity contribution is 5.92. The standard InChI is InChI=1S/C20H20N4O3/c25-17(16-7-3-4-10-21-16)13-8-11-24(12-9-13)20(27)18-22-15-6-2-1-5-14(15)19(26)23-18/h1-7,10,13,17,25H,8-9,11-12H2,(H,22,23,26)/t17-/m1/s1. The lowest BCUT2D eigenvalue weighted by molar-refractivity contribution is 0.0440.